The van der Waals surface area contributed by atoms with Crippen molar-refractivity contribution in [3.63, 3.8) is 0 Å². The summed E-state index contributed by atoms with van der Waals surface area (Å²) in [5, 5.41) is 0. The number of nitrogens with zero attached hydrogens (tertiary/aromatic N) is 2. The zero-order valence-corrected chi connectivity index (χ0v) is 36.7. The maximum absolute atomic E-state index is 14.2. The first-order valence-corrected chi connectivity index (χ1v) is 20.2. The first kappa shape index (κ1) is 60.7. The summed E-state index contributed by atoms with van der Waals surface area (Å²) < 4.78 is 382. The van der Waals surface area contributed by atoms with Crippen molar-refractivity contribution < 1.29 is 133 Å². The van der Waals surface area contributed by atoms with E-state index in [0.29, 0.717) is 0 Å². The summed E-state index contributed by atoms with van der Waals surface area (Å²) in [5.74, 6) is -1.48. The van der Waals surface area contributed by atoms with Crippen LogP contribution in [0.5, 0.6) is 0 Å². The van der Waals surface area contributed by atoms with Crippen LogP contribution >= 0.6 is 0 Å². The van der Waals surface area contributed by atoms with Gasteiger partial charge in [0, 0.05) is 5.56 Å². The van der Waals surface area contributed by atoms with Crippen LogP contribution in [-0.2, 0) is 60.7 Å². The molecule has 0 saturated heterocycles. The Kier molecular flexibility index (Phi) is 16.3. The smallest absolute Gasteiger partial charge is 0.365 e. The van der Waals surface area contributed by atoms with Gasteiger partial charge in [0.05, 0.1) is 50.7 Å². The minimum Gasteiger partial charge on any atom is -0.365 e. The average molecular weight is 1150 g/mol. The van der Waals surface area contributed by atoms with Crippen LogP contribution in [0.2, 0.25) is 0 Å². The van der Waals surface area contributed by atoms with Crippen molar-refractivity contribution in [3.05, 3.63) is 177 Å². The molecule has 0 unspecified atom stereocenters. The van der Waals surface area contributed by atoms with Crippen LogP contribution in [0.1, 0.15) is 60.6 Å². The number of ether oxygens (including phenoxy) is 1. The van der Waals surface area contributed by atoms with E-state index in [1.807, 2.05) is 6.07 Å². The lowest BCUT2D eigenvalue weighted by Crippen LogP contribution is -2.75. The number of aromatic nitrogens is 2. The van der Waals surface area contributed by atoms with E-state index in [9.17, 15) is 123 Å². The third-order valence-corrected chi connectivity index (χ3v) is 10.9. The molecular weight excluding hydrogens is 1120 g/mol. The average Bonchev–Trinajstić information content (AvgIpc) is 3.27. The zero-order valence-electron chi connectivity index (χ0n) is 36.7. The van der Waals surface area contributed by atoms with Gasteiger partial charge in [-0.2, -0.15) is 132 Å². The molecule has 0 aliphatic rings. The maximum atomic E-state index is 14.2. The Morgan fingerprint density at radius 3 is 0.896 bits per heavy atom. The number of carbonyl (C=O) groups is 1. The molecule has 0 spiro atoms. The number of halogens is 27. The first-order chi connectivity index (χ1) is 34.7. The highest BCUT2D eigenvalue weighted by Crippen LogP contribution is 2.41. The molecule has 5 aromatic carbocycles. The molecule has 416 valence electrons. The van der Waals surface area contributed by atoms with Crippen LogP contribution < -0.4 is 26.4 Å². The van der Waals surface area contributed by atoms with Crippen LogP contribution in [0.3, 0.4) is 0 Å². The van der Waals surface area contributed by atoms with Gasteiger partial charge in [-0.25, -0.2) is 4.79 Å². The molecule has 0 bridgehead atoms. The van der Waals surface area contributed by atoms with Gasteiger partial charge in [0.2, 0.25) is 0 Å². The summed E-state index contributed by atoms with van der Waals surface area (Å²) in [7, 11) is 0. The predicted octanol–water partition coefficient (Wildman–Crippen LogP) is 13.3. The molecule has 1 aromatic heterocycles. The van der Waals surface area contributed by atoms with E-state index < -0.39 is 207 Å². The lowest BCUT2D eigenvalue weighted by Gasteiger charge is -2.46. The van der Waals surface area contributed by atoms with Crippen molar-refractivity contribution >= 4 is 34.0 Å². The number of rotatable bonds is 7. The number of alkyl halides is 27. The summed E-state index contributed by atoms with van der Waals surface area (Å²) >= 11 is 0. The van der Waals surface area contributed by atoms with Crippen LogP contribution in [0.15, 0.2) is 122 Å². The SMILES string of the molecule is FC(F)(F)c1cc([B-](c2cc(C(F)(F)F)cc(C(F)(F)F)c2)(c2cc(C(F)(F)F)cc(C(F)(F)F)c2)c2cc(C(F)(F)F)cc(C(F)(F)F)c2)cc(C(F)(F)F)c1.O=C(OC(F)(F)F)c1cncc[n+]1Cc1ccccc1. The Balaban J connectivity index is 0.000000455. The number of esters is 1. The summed E-state index contributed by atoms with van der Waals surface area (Å²) in [6.07, 6.45) is -56.0. The van der Waals surface area contributed by atoms with Crippen LogP contribution in [0.25, 0.3) is 0 Å². The topological polar surface area (TPSA) is 43.1 Å². The molecule has 4 nitrogen and oxygen atoms in total. The molecule has 0 N–H and O–H groups in total. The Labute approximate surface area is 411 Å². The fraction of sp³-hybridized carbons (Fsp3) is 0.222. The van der Waals surface area contributed by atoms with Gasteiger partial charge in [-0.15, -0.1) is 13.2 Å². The Morgan fingerprint density at radius 1 is 0.403 bits per heavy atom. The summed E-state index contributed by atoms with van der Waals surface area (Å²) in [6.45, 7) is 0.242. The van der Waals surface area contributed by atoms with Crippen molar-refractivity contribution in [1.82, 2.24) is 4.98 Å². The Bertz CT molecular complexity index is 2650. The molecule has 0 saturated carbocycles. The van der Waals surface area contributed by atoms with E-state index in [4.69, 9.17) is 0 Å². The van der Waals surface area contributed by atoms with Gasteiger partial charge < -0.3 is 4.74 Å². The molecule has 0 aliphatic carbocycles. The maximum Gasteiger partial charge on any atom is 0.575 e. The van der Waals surface area contributed by atoms with Crippen molar-refractivity contribution in [2.45, 2.75) is 62.3 Å². The highest BCUT2D eigenvalue weighted by molar-refractivity contribution is 7.20. The minimum atomic E-state index is -6.13. The van der Waals surface area contributed by atoms with Crippen LogP contribution in [0, 0.1) is 0 Å². The number of carbonyl (C=O) groups excluding carboxylic acids is 1. The van der Waals surface area contributed by atoms with Crippen LogP contribution in [-0.4, -0.2) is 23.5 Å². The van der Waals surface area contributed by atoms with Gasteiger partial charge >= 0.3 is 67.4 Å². The molecular formula is C45H22BF27N2O2. The highest BCUT2D eigenvalue weighted by Gasteiger charge is 2.47. The van der Waals surface area contributed by atoms with Gasteiger partial charge in [0.1, 0.15) is 12.3 Å². The number of hydrogen-bond donors (Lipinski definition) is 0. The van der Waals surface area contributed by atoms with E-state index in [-0.39, 0.29) is 12.2 Å². The fourth-order valence-corrected chi connectivity index (χ4v) is 7.70. The van der Waals surface area contributed by atoms with Crippen molar-refractivity contribution in [1.29, 1.82) is 0 Å². The molecule has 0 amide bonds. The molecule has 0 aliphatic heterocycles. The zero-order chi connectivity index (χ0) is 58.5. The van der Waals surface area contributed by atoms with Gasteiger partial charge in [0.25, 0.3) is 0 Å². The van der Waals surface area contributed by atoms with Crippen molar-refractivity contribution in [3.8, 4) is 0 Å². The second kappa shape index (κ2) is 20.6. The molecule has 1 heterocycles. The second-order valence-corrected chi connectivity index (χ2v) is 16.1. The third-order valence-electron chi connectivity index (χ3n) is 10.9. The largest absolute Gasteiger partial charge is 0.575 e. The summed E-state index contributed by atoms with van der Waals surface area (Å²) in [6, 6.07) is 0.197. The van der Waals surface area contributed by atoms with Crippen molar-refractivity contribution in [2.75, 3.05) is 0 Å². The number of hydrogen-bond acceptors (Lipinski definition) is 3. The van der Waals surface area contributed by atoms with E-state index in [1.165, 1.54) is 17.0 Å². The van der Waals surface area contributed by atoms with E-state index in [2.05, 4.69) is 9.72 Å². The number of benzene rings is 5. The van der Waals surface area contributed by atoms with Crippen LogP contribution in [0.4, 0.5) is 119 Å². The molecule has 6 rings (SSSR count). The van der Waals surface area contributed by atoms with E-state index in [1.54, 1.807) is 24.3 Å². The van der Waals surface area contributed by atoms with Gasteiger partial charge in [-0.3, -0.25) is 4.98 Å². The minimum absolute atomic E-state index is 0.242. The third kappa shape index (κ3) is 14.7. The first-order valence-electron chi connectivity index (χ1n) is 20.2. The molecule has 0 radical (unpaired) electrons. The highest BCUT2D eigenvalue weighted by atomic mass is 19.4. The van der Waals surface area contributed by atoms with Crippen molar-refractivity contribution in [2.24, 2.45) is 0 Å². The van der Waals surface area contributed by atoms with Gasteiger partial charge in [-0.1, -0.05) is 78.9 Å². The summed E-state index contributed by atoms with van der Waals surface area (Å²) in [5.41, 5.74) is -29.6. The van der Waals surface area contributed by atoms with E-state index >= 15 is 0 Å². The van der Waals surface area contributed by atoms with E-state index in [0.717, 1.165) is 11.8 Å². The standard InChI is InChI=1S/C32H12BF24.C13H10F3N2O2/c34-25(35,36)13-1-14(26(37,38)39)6-21(5-13)33(22-7-15(27(40,41)42)2-16(8-22)28(43,44)45,23-9-17(29(46,47)48)3-18(10-23)30(49,50)51)24-11-19(31(52,53)54)4-20(12-24)32(55,56)57;14-13(15,16)20-12(19)11-8-17-6-7-18(11)9-10-4-2-1-3-5-10/h1-12H;1-8H,9H2/q-1;+1. The summed E-state index contributed by atoms with van der Waals surface area (Å²) in [4.78, 5) is 15.1. The lowest BCUT2D eigenvalue weighted by atomic mass is 9.12. The molecule has 77 heavy (non-hydrogen) atoms. The Morgan fingerprint density at radius 2 is 0.662 bits per heavy atom. The Hall–Kier alpha value is -7.18. The molecule has 0 atom stereocenters. The normalized spacial score (nSPS) is 13.5. The molecule has 32 heteroatoms. The molecule has 0 fully saturated rings. The second-order valence-electron chi connectivity index (χ2n) is 16.1. The fourth-order valence-electron chi connectivity index (χ4n) is 7.70. The predicted molar refractivity (Wildman–Crippen MR) is 212 cm³/mol. The van der Waals surface area contributed by atoms with Gasteiger partial charge in [-0.05, 0) is 24.3 Å². The molecule has 6 aromatic rings. The lowest BCUT2D eigenvalue weighted by molar-refractivity contribution is -0.691. The monoisotopic (exact) mass is 1150 g/mol. The van der Waals surface area contributed by atoms with Gasteiger partial charge in [0.15, 0.2) is 12.7 Å². The quantitative estimate of drug-likeness (QED) is 0.0692.